The van der Waals surface area contributed by atoms with Crippen molar-refractivity contribution in [1.29, 1.82) is 0 Å². The molecule has 0 atom stereocenters. The molecular weight excluding hydrogens is 388 g/mol. The zero-order valence-electron chi connectivity index (χ0n) is 16.3. The van der Waals surface area contributed by atoms with Gasteiger partial charge in [-0.2, -0.15) is 4.98 Å². The van der Waals surface area contributed by atoms with Crippen LogP contribution in [0.5, 0.6) is 0 Å². The summed E-state index contributed by atoms with van der Waals surface area (Å²) < 4.78 is 2.06. The second kappa shape index (κ2) is 8.93. The normalized spacial score (nSPS) is 14.6. The van der Waals surface area contributed by atoms with Gasteiger partial charge in [-0.3, -0.25) is 4.79 Å². The molecule has 0 radical (unpaired) electrons. The molecule has 0 saturated heterocycles. The molecule has 4 rings (SSSR count). The summed E-state index contributed by atoms with van der Waals surface area (Å²) in [6, 6.07) is 12.0. The summed E-state index contributed by atoms with van der Waals surface area (Å²) >= 11 is 6.07. The molecule has 1 aliphatic carbocycles. The number of hydrogen-bond acceptors (Lipinski definition) is 4. The van der Waals surface area contributed by atoms with E-state index in [1.54, 1.807) is 11.1 Å². The molecule has 0 spiro atoms. The van der Waals surface area contributed by atoms with E-state index in [1.165, 1.54) is 0 Å². The fourth-order valence-corrected chi connectivity index (χ4v) is 4.29. The number of carbonyl (C=O) groups is 1. The van der Waals surface area contributed by atoms with E-state index in [0.29, 0.717) is 25.2 Å². The molecule has 1 N–H and O–H groups in total. The summed E-state index contributed by atoms with van der Waals surface area (Å²) in [5.74, 6) is -0.0525. The number of benzene rings is 1. The van der Waals surface area contributed by atoms with E-state index in [9.17, 15) is 9.90 Å². The Balaban J connectivity index is 1.74. The van der Waals surface area contributed by atoms with Crippen molar-refractivity contribution in [2.45, 2.75) is 44.7 Å². The average molecular weight is 413 g/mol. The summed E-state index contributed by atoms with van der Waals surface area (Å²) in [5, 5.41) is 10.3. The third kappa shape index (κ3) is 4.28. The number of amides is 1. The molecule has 29 heavy (non-hydrogen) atoms. The first-order valence-electron chi connectivity index (χ1n) is 10.1. The van der Waals surface area contributed by atoms with Gasteiger partial charge in [-0.1, -0.05) is 43.2 Å². The highest BCUT2D eigenvalue weighted by atomic mass is 35.5. The van der Waals surface area contributed by atoms with Gasteiger partial charge in [0.05, 0.1) is 0 Å². The minimum Gasteiger partial charge on any atom is -0.396 e. The Bertz CT molecular complexity index is 983. The molecule has 7 heteroatoms. The zero-order chi connectivity index (χ0) is 20.2. The molecule has 1 aliphatic rings. The van der Waals surface area contributed by atoms with Gasteiger partial charge in [0.25, 0.3) is 5.91 Å². The minimum atomic E-state index is -0.0525. The van der Waals surface area contributed by atoms with Crippen molar-refractivity contribution in [2.24, 2.45) is 0 Å². The van der Waals surface area contributed by atoms with Crippen LogP contribution in [0.1, 0.15) is 54.2 Å². The molecule has 1 aromatic carbocycles. The summed E-state index contributed by atoms with van der Waals surface area (Å²) in [5.41, 5.74) is 2.41. The van der Waals surface area contributed by atoms with E-state index < -0.39 is 0 Å². The smallest absolute Gasteiger partial charge is 0.270 e. The van der Waals surface area contributed by atoms with E-state index >= 15 is 0 Å². The summed E-state index contributed by atoms with van der Waals surface area (Å²) in [6.45, 7) is 1.03. The van der Waals surface area contributed by atoms with Gasteiger partial charge in [0, 0.05) is 37.3 Å². The topological polar surface area (TPSA) is 71.2 Å². The fourth-order valence-electron chi connectivity index (χ4n) is 4.16. The van der Waals surface area contributed by atoms with Crippen molar-refractivity contribution in [3.05, 3.63) is 59.1 Å². The summed E-state index contributed by atoms with van der Waals surface area (Å²) in [4.78, 5) is 24.0. The highest BCUT2D eigenvalue weighted by molar-refractivity contribution is 6.28. The molecule has 6 nitrogen and oxygen atoms in total. The number of hydrogen-bond donors (Lipinski definition) is 1. The van der Waals surface area contributed by atoms with Gasteiger partial charge in [-0.25, -0.2) is 4.98 Å². The van der Waals surface area contributed by atoms with Crippen molar-refractivity contribution >= 4 is 28.5 Å². The van der Waals surface area contributed by atoms with Gasteiger partial charge in [-0.15, -0.1) is 0 Å². The second-order valence-corrected chi connectivity index (χ2v) is 7.88. The van der Waals surface area contributed by atoms with Gasteiger partial charge < -0.3 is 14.6 Å². The van der Waals surface area contributed by atoms with E-state index in [4.69, 9.17) is 11.6 Å². The van der Waals surface area contributed by atoms with Crippen LogP contribution in [0.3, 0.4) is 0 Å². The van der Waals surface area contributed by atoms with Gasteiger partial charge in [0.2, 0.25) is 5.28 Å². The number of nitrogens with zero attached hydrogens (tertiary/aromatic N) is 4. The molecule has 2 heterocycles. The average Bonchev–Trinajstić information content (AvgIpc) is 3.38. The van der Waals surface area contributed by atoms with Crippen LogP contribution in [0.4, 0.5) is 0 Å². The Morgan fingerprint density at radius 3 is 2.72 bits per heavy atom. The Hall–Kier alpha value is -2.44. The third-order valence-electron chi connectivity index (χ3n) is 5.55. The Morgan fingerprint density at radius 1 is 1.24 bits per heavy atom. The highest BCUT2D eigenvalue weighted by Crippen LogP contribution is 2.35. The van der Waals surface area contributed by atoms with E-state index in [-0.39, 0.29) is 23.8 Å². The molecule has 152 valence electrons. The van der Waals surface area contributed by atoms with Crippen LogP contribution in [0.15, 0.2) is 42.6 Å². The number of fused-ring (bicyclic) bond motifs is 1. The summed E-state index contributed by atoms with van der Waals surface area (Å²) in [7, 11) is 0. The molecule has 3 aromatic rings. The molecule has 1 saturated carbocycles. The molecule has 0 bridgehead atoms. The van der Waals surface area contributed by atoms with Crippen molar-refractivity contribution in [1.82, 2.24) is 19.4 Å². The zero-order valence-corrected chi connectivity index (χ0v) is 17.1. The predicted molar refractivity (Wildman–Crippen MR) is 113 cm³/mol. The molecule has 1 fully saturated rings. The second-order valence-electron chi connectivity index (χ2n) is 7.55. The first-order valence-corrected chi connectivity index (χ1v) is 10.5. The number of halogens is 1. The van der Waals surface area contributed by atoms with Crippen LogP contribution in [0.2, 0.25) is 5.28 Å². The van der Waals surface area contributed by atoms with Crippen LogP contribution >= 0.6 is 11.6 Å². The van der Waals surface area contributed by atoms with Crippen molar-refractivity contribution in [2.75, 3.05) is 13.2 Å². The maximum Gasteiger partial charge on any atom is 0.270 e. The lowest BCUT2D eigenvalue weighted by Crippen LogP contribution is -2.34. The lowest BCUT2D eigenvalue weighted by atomic mass is 10.2. The fraction of sp³-hybridized carbons (Fsp3) is 0.409. The molecule has 0 unspecified atom stereocenters. The van der Waals surface area contributed by atoms with Gasteiger partial charge in [-0.05, 0) is 42.5 Å². The highest BCUT2D eigenvalue weighted by Gasteiger charge is 2.28. The van der Waals surface area contributed by atoms with Crippen LogP contribution in [-0.2, 0) is 6.54 Å². The quantitative estimate of drug-likeness (QED) is 0.589. The monoisotopic (exact) mass is 412 g/mol. The van der Waals surface area contributed by atoms with E-state index in [0.717, 1.165) is 42.3 Å². The van der Waals surface area contributed by atoms with Crippen LogP contribution < -0.4 is 0 Å². The van der Waals surface area contributed by atoms with Gasteiger partial charge in [0.15, 0.2) is 0 Å². The Labute approximate surface area is 175 Å². The first kappa shape index (κ1) is 19.9. The lowest BCUT2D eigenvalue weighted by Gasteiger charge is -2.25. The van der Waals surface area contributed by atoms with Crippen LogP contribution in [0.25, 0.3) is 11.0 Å². The lowest BCUT2D eigenvalue weighted by molar-refractivity contribution is 0.0719. The molecule has 0 aliphatic heterocycles. The maximum absolute atomic E-state index is 13.6. The Morgan fingerprint density at radius 2 is 2.00 bits per heavy atom. The van der Waals surface area contributed by atoms with E-state index in [2.05, 4.69) is 14.5 Å². The molecule has 2 aromatic heterocycles. The largest absolute Gasteiger partial charge is 0.396 e. The van der Waals surface area contributed by atoms with Crippen LogP contribution in [-0.4, -0.2) is 43.6 Å². The standard InChI is InChI=1S/C22H25ClN4O2/c23-22-24-14-17-13-19(27(20(17)25-22)18-9-4-5-10-18)21(29)26(11-6-12-28)15-16-7-2-1-3-8-16/h1-3,7-8,13-14,18,28H,4-6,9-12,15H2. The minimum absolute atomic E-state index is 0.0469. The number of rotatable bonds is 7. The van der Waals surface area contributed by atoms with Crippen molar-refractivity contribution in [3.63, 3.8) is 0 Å². The predicted octanol–water partition coefficient (Wildman–Crippen LogP) is 4.22. The number of aliphatic hydroxyl groups excluding tert-OH is 1. The van der Waals surface area contributed by atoms with Crippen molar-refractivity contribution in [3.8, 4) is 0 Å². The number of carbonyl (C=O) groups excluding carboxylic acids is 1. The Kier molecular flexibility index (Phi) is 6.11. The number of aliphatic hydroxyl groups is 1. The number of aromatic nitrogens is 3. The van der Waals surface area contributed by atoms with Crippen LogP contribution in [0, 0.1) is 0 Å². The van der Waals surface area contributed by atoms with Crippen molar-refractivity contribution < 1.29 is 9.90 Å². The summed E-state index contributed by atoms with van der Waals surface area (Å²) in [6.07, 6.45) is 6.57. The molecule has 1 amide bonds. The first-order chi connectivity index (χ1) is 14.2. The van der Waals surface area contributed by atoms with E-state index in [1.807, 2.05) is 36.4 Å². The molecular formula is C22H25ClN4O2. The maximum atomic E-state index is 13.6. The van der Waals surface area contributed by atoms with Gasteiger partial charge in [0.1, 0.15) is 11.3 Å². The third-order valence-corrected chi connectivity index (χ3v) is 5.73. The van der Waals surface area contributed by atoms with Gasteiger partial charge >= 0.3 is 0 Å². The SMILES string of the molecule is O=C(c1cc2cnc(Cl)nc2n1C1CCCC1)N(CCCO)Cc1ccccc1.